The maximum Gasteiger partial charge on any atom is 0.406 e. The smallest absolute Gasteiger partial charge is 0.406 e. The van der Waals surface area contributed by atoms with Crippen molar-refractivity contribution >= 4 is 22.4 Å². The van der Waals surface area contributed by atoms with Gasteiger partial charge in [-0.25, -0.2) is 9.78 Å². The number of hydrogen-bond donors (Lipinski definition) is 0. The summed E-state index contributed by atoms with van der Waals surface area (Å²) in [4.78, 5) is 17.0. The molecule has 4 nitrogen and oxygen atoms in total. The molecule has 0 N–H and O–H groups in total. The Morgan fingerprint density at radius 1 is 1.47 bits per heavy atom. The van der Waals surface area contributed by atoms with Crippen LogP contribution in [0, 0.1) is 6.92 Å². The number of alkyl halides is 3. The molecule has 19 heavy (non-hydrogen) atoms. The van der Waals surface area contributed by atoms with E-state index in [0.29, 0.717) is 11.3 Å². The largest absolute Gasteiger partial charge is 0.464 e. The van der Waals surface area contributed by atoms with Gasteiger partial charge in [0.05, 0.1) is 7.11 Å². The summed E-state index contributed by atoms with van der Waals surface area (Å²) in [5, 5.41) is 0.192. The highest BCUT2D eigenvalue weighted by Crippen LogP contribution is 2.29. The summed E-state index contributed by atoms with van der Waals surface area (Å²) in [5.41, 5.74) is 0.0748. The fourth-order valence-corrected chi connectivity index (χ4v) is 2.45. The average Bonchev–Trinajstić information content (AvgIpc) is 2.68. The zero-order valence-corrected chi connectivity index (χ0v) is 11.7. The second kappa shape index (κ2) is 6.23. The SMILES string of the molecule is CCCN(CC(F)(F)F)c1nc(C(=O)OC)c(C)s1. The summed E-state index contributed by atoms with van der Waals surface area (Å²) >= 11 is 1.06. The first-order valence-electron chi connectivity index (χ1n) is 5.66. The number of halogens is 3. The number of methoxy groups -OCH3 is 1. The number of carbonyl (C=O) groups excluding carboxylic acids is 1. The molecule has 0 atom stereocenters. The number of thiazole rings is 1. The first-order chi connectivity index (χ1) is 8.78. The lowest BCUT2D eigenvalue weighted by atomic mass is 10.4. The molecule has 0 radical (unpaired) electrons. The maximum absolute atomic E-state index is 12.5. The van der Waals surface area contributed by atoms with Gasteiger partial charge < -0.3 is 9.64 Å². The molecule has 0 amide bonds. The Morgan fingerprint density at radius 2 is 2.11 bits per heavy atom. The Labute approximate surface area is 113 Å². The van der Waals surface area contributed by atoms with Crippen LogP contribution < -0.4 is 4.90 Å². The van der Waals surface area contributed by atoms with Crippen molar-refractivity contribution in [3.05, 3.63) is 10.6 Å². The van der Waals surface area contributed by atoms with Crippen molar-refractivity contribution in [2.24, 2.45) is 0 Å². The molecular formula is C11H15F3N2O2S. The van der Waals surface area contributed by atoms with Crippen molar-refractivity contribution in [1.29, 1.82) is 0 Å². The molecule has 1 rings (SSSR count). The highest BCUT2D eigenvalue weighted by atomic mass is 32.1. The fourth-order valence-electron chi connectivity index (χ4n) is 1.53. The minimum absolute atomic E-state index is 0.0748. The Kier molecular flexibility index (Phi) is 5.16. The number of anilines is 1. The van der Waals surface area contributed by atoms with Crippen LogP contribution in [0.4, 0.5) is 18.3 Å². The normalized spacial score (nSPS) is 11.5. The number of esters is 1. The van der Waals surface area contributed by atoms with Gasteiger partial charge in [0.25, 0.3) is 0 Å². The van der Waals surface area contributed by atoms with Crippen molar-refractivity contribution in [2.75, 3.05) is 25.1 Å². The van der Waals surface area contributed by atoms with E-state index in [1.54, 1.807) is 13.8 Å². The topological polar surface area (TPSA) is 42.4 Å². The quantitative estimate of drug-likeness (QED) is 0.783. The van der Waals surface area contributed by atoms with E-state index < -0.39 is 18.7 Å². The molecule has 8 heteroatoms. The van der Waals surface area contributed by atoms with Crippen LogP contribution in [0.5, 0.6) is 0 Å². The number of aromatic nitrogens is 1. The van der Waals surface area contributed by atoms with Crippen LogP contribution in [0.1, 0.15) is 28.7 Å². The van der Waals surface area contributed by atoms with Gasteiger partial charge in [-0.05, 0) is 13.3 Å². The predicted molar refractivity (Wildman–Crippen MR) is 66.7 cm³/mol. The first kappa shape index (κ1) is 15.7. The molecule has 1 heterocycles. The van der Waals surface area contributed by atoms with E-state index >= 15 is 0 Å². The molecule has 0 fully saturated rings. The van der Waals surface area contributed by atoms with Gasteiger partial charge in [0.1, 0.15) is 6.54 Å². The van der Waals surface area contributed by atoms with Gasteiger partial charge in [0, 0.05) is 11.4 Å². The molecule has 0 unspecified atom stereocenters. The van der Waals surface area contributed by atoms with E-state index in [-0.39, 0.29) is 17.4 Å². The average molecular weight is 296 g/mol. The lowest BCUT2D eigenvalue weighted by molar-refractivity contribution is -0.119. The number of hydrogen-bond acceptors (Lipinski definition) is 5. The van der Waals surface area contributed by atoms with Crippen LogP contribution in [0.2, 0.25) is 0 Å². The number of aryl methyl sites for hydroxylation is 1. The molecule has 1 aromatic heterocycles. The first-order valence-corrected chi connectivity index (χ1v) is 6.47. The fraction of sp³-hybridized carbons (Fsp3) is 0.636. The minimum Gasteiger partial charge on any atom is -0.464 e. The third-order valence-corrected chi connectivity index (χ3v) is 3.33. The number of carbonyl (C=O) groups is 1. The van der Waals surface area contributed by atoms with Crippen LogP contribution >= 0.6 is 11.3 Å². The van der Waals surface area contributed by atoms with Crippen LogP contribution in [0.15, 0.2) is 0 Å². The molecule has 0 aliphatic heterocycles. The number of ether oxygens (including phenoxy) is 1. The molecule has 0 aliphatic rings. The number of rotatable bonds is 5. The summed E-state index contributed by atoms with van der Waals surface area (Å²) in [6.07, 6.45) is -3.75. The van der Waals surface area contributed by atoms with E-state index in [2.05, 4.69) is 9.72 Å². The summed E-state index contributed by atoms with van der Waals surface area (Å²) in [6, 6.07) is 0. The van der Waals surface area contributed by atoms with Crippen LogP contribution in [0.25, 0.3) is 0 Å². The second-order valence-electron chi connectivity index (χ2n) is 3.93. The molecule has 1 aromatic rings. The third-order valence-electron chi connectivity index (χ3n) is 2.30. The zero-order chi connectivity index (χ0) is 14.6. The highest BCUT2D eigenvalue weighted by molar-refractivity contribution is 7.15. The Bertz CT molecular complexity index is 446. The molecule has 0 saturated heterocycles. The lowest BCUT2D eigenvalue weighted by Gasteiger charge is -2.22. The lowest BCUT2D eigenvalue weighted by Crippen LogP contribution is -2.34. The molecular weight excluding hydrogens is 281 g/mol. The van der Waals surface area contributed by atoms with Gasteiger partial charge in [-0.3, -0.25) is 0 Å². The van der Waals surface area contributed by atoms with Crippen LogP contribution in [-0.2, 0) is 4.74 Å². The van der Waals surface area contributed by atoms with Crippen LogP contribution in [-0.4, -0.2) is 37.3 Å². The highest BCUT2D eigenvalue weighted by Gasteiger charge is 2.32. The maximum atomic E-state index is 12.5. The second-order valence-corrected chi connectivity index (χ2v) is 5.11. The molecule has 0 aliphatic carbocycles. The third kappa shape index (κ3) is 4.38. The van der Waals surface area contributed by atoms with E-state index in [1.165, 1.54) is 7.11 Å². The standard InChI is InChI=1S/C11H15F3N2O2S/c1-4-5-16(6-11(12,13)14)10-15-8(7(2)19-10)9(17)18-3/h4-6H2,1-3H3. The van der Waals surface area contributed by atoms with E-state index in [0.717, 1.165) is 16.2 Å². The van der Waals surface area contributed by atoms with Crippen molar-refractivity contribution in [2.45, 2.75) is 26.4 Å². The van der Waals surface area contributed by atoms with Gasteiger partial charge in [0.2, 0.25) is 0 Å². The monoisotopic (exact) mass is 296 g/mol. The van der Waals surface area contributed by atoms with E-state index in [9.17, 15) is 18.0 Å². The molecule has 0 spiro atoms. The van der Waals surface area contributed by atoms with Crippen molar-refractivity contribution in [1.82, 2.24) is 4.98 Å². The van der Waals surface area contributed by atoms with Crippen LogP contribution in [0.3, 0.4) is 0 Å². The molecule has 0 saturated carbocycles. The van der Waals surface area contributed by atoms with Gasteiger partial charge in [-0.2, -0.15) is 13.2 Å². The number of nitrogens with zero attached hydrogens (tertiary/aromatic N) is 2. The Morgan fingerprint density at radius 3 is 2.58 bits per heavy atom. The van der Waals surface area contributed by atoms with Gasteiger partial charge in [-0.1, -0.05) is 6.92 Å². The Hall–Kier alpha value is -1.31. The summed E-state index contributed by atoms with van der Waals surface area (Å²) in [5.74, 6) is -0.636. The molecule has 0 aromatic carbocycles. The zero-order valence-electron chi connectivity index (χ0n) is 10.9. The Balaban J connectivity index is 3.00. The van der Waals surface area contributed by atoms with Crippen molar-refractivity contribution in [3.63, 3.8) is 0 Å². The van der Waals surface area contributed by atoms with Gasteiger partial charge in [0.15, 0.2) is 10.8 Å². The summed E-state index contributed by atoms with van der Waals surface area (Å²) in [7, 11) is 1.21. The summed E-state index contributed by atoms with van der Waals surface area (Å²) in [6.45, 7) is 2.57. The van der Waals surface area contributed by atoms with E-state index in [1.807, 2.05) is 0 Å². The predicted octanol–water partition coefficient (Wildman–Crippen LogP) is 3.02. The molecule has 108 valence electrons. The van der Waals surface area contributed by atoms with Crippen molar-refractivity contribution in [3.8, 4) is 0 Å². The van der Waals surface area contributed by atoms with Gasteiger partial charge >= 0.3 is 12.1 Å². The van der Waals surface area contributed by atoms with Crippen molar-refractivity contribution < 1.29 is 22.7 Å². The summed E-state index contributed by atoms with van der Waals surface area (Å²) < 4.78 is 42.0. The van der Waals surface area contributed by atoms with E-state index in [4.69, 9.17) is 0 Å². The van der Waals surface area contributed by atoms with Gasteiger partial charge in [-0.15, -0.1) is 11.3 Å². The minimum atomic E-state index is -4.31. The molecule has 0 bridgehead atoms.